The monoisotopic (exact) mass is 263 g/mol. The summed E-state index contributed by atoms with van der Waals surface area (Å²) >= 11 is 1.50. The van der Waals surface area contributed by atoms with Gasteiger partial charge in [-0.3, -0.25) is 0 Å². The second kappa shape index (κ2) is 4.53. The Morgan fingerprint density at radius 1 is 1.61 bits per heavy atom. The van der Waals surface area contributed by atoms with Gasteiger partial charge in [0.25, 0.3) is 0 Å². The van der Waals surface area contributed by atoms with Crippen LogP contribution >= 0.6 is 11.3 Å². The highest BCUT2D eigenvalue weighted by atomic mass is 32.1. The zero-order valence-electron chi connectivity index (χ0n) is 9.97. The van der Waals surface area contributed by atoms with Crippen molar-refractivity contribution in [2.24, 2.45) is 0 Å². The van der Waals surface area contributed by atoms with Crippen molar-refractivity contribution in [3.63, 3.8) is 0 Å². The molecule has 2 aromatic heterocycles. The van der Waals surface area contributed by atoms with Gasteiger partial charge in [0.1, 0.15) is 0 Å². The topological polar surface area (TPSA) is 67.9 Å². The minimum atomic E-state index is -0.349. The molecule has 0 aromatic carbocycles. The molecule has 1 saturated carbocycles. The Morgan fingerprint density at radius 2 is 2.44 bits per heavy atom. The molecule has 0 aliphatic heterocycles. The van der Waals surface area contributed by atoms with Crippen molar-refractivity contribution in [1.82, 2.24) is 15.0 Å². The number of H-pyrrole nitrogens is 1. The zero-order chi connectivity index (χ0) is 12.5. The first-order valence-corrected chi connectivity index (χ1v) is 6.84. The normalized spacial score (nSPS) is 14.7. The lowest BCUT2D eigenvalue weighted by molar-refractivity contribution is 0.0519. The Morgan fingerprint density at radius 3 is 3.06 bits per heavy atom. The summed E-state index contributed by atoms with van der Waals surface area (Å²) in [5, 5.41) is 2.69. The second-order valence-electron chi connectivity index (χ2n) is 4.18. The molecule has 0 amide bonds. The SMILES string of the molecule is CCOC(=O)c1nc(-c2nccs2)[nH]c1C1CC1. The highest BCUT2D eigenvalue weighted by Gasteiger charge is 2.32. The number of imidazole rings is 1. The Labute approximate surface area is 108 Å². The van der Waals surface area contributed by atoms with Crippen LogP contribution in [0.3, 0.4) is 0 Å². The van der Waals surface area contributed by atoms with Gasteiger partial charge >= 0.3 is 5.97 Å². The number of aromatic nitrogens is 3. The molecule has 5 nitrogen and oxygen atoms in total. The van der Waals surface area contributed by atoms with E-state index >= 15 is 0 Å². The summed E-state index contributed by atoms with van der Waals surface area (Å²) in [4.78, 5) is 23.6. The van der Waals surface area contributed by atoms with Crippen LogP contribution in [0.15, 0.2) is 11.6 Å². The molecule has 1 fully saturated rings. The Kier molecular flexibility index (Phi) is 2.87. The van der Waals surface area contributed by atoms with Crippen molar-refractivity contribution in [2.45, 2.75) is 25.7 Å². The fraction of sp³-hybridized carbons (Fsp3) is 0.417. The summed E-state index contributed by atoms with van der Waals surface area (Å²) in [6.07, 6.45) is 3.93. The molecule has 0 saturated heterocycles. The van der Waals surface area contributed by atoms with Crippen molar-refractivity contribution >= 4 is 17.3 Å². The molecule has 0 radical (unpaired) electrons. The van der Waals surface area contributed by atoms with Gasteiger partial charge in [-0.15, -0.1) is 11.3 Å². The van der Waals surface area contributed by atoms with Gasteiger partial charge in [-0.2, -0.15) is 0 Å². The van der Waals surface area contributed by atoms with Gasteiger partial charge in [0.2, 0.25) is 0 Å². The fourth-order valence-electron chi connectivity index (χ4n) is 1.85. The molecule has 0 unspecified atom stereocenters. The maximum Gasteiger partial charge on any atom is 0.358 e. The smallest absolute Gasteiger partial charge is 0.358 e. The Balaban J connectivity index is 1.98. The summed E-state index contributed by atoms with van der Waals surface area (Å²) in [5.41, 5.74) is 1.32. The molecular formula is C12H13N3O2S. The van der Waals surface area contributed by atoms with Gasteiger partial charge in [0, 0.05) is 17.5 Å². The molecular weight excluding hydrogens is 250 g/mol. The van der Waals surface area contributed by atoms with Gasteiger partial charge in [-0.1, -0.05) is 0 Å². The number of nitrogens with zero attached hydrogens (tertiary/aromatic N) is 2. The number of rotatable bonds is 4. The summed E-state index contributed by atoms with van der Waals surface area (Å²) in [5.74, 6) is 0.735. The molecule has 1 aliphatic carbocycles. The number of carbonyl (C=O) groups is 1. The van der Waals surface area contributed by atoms with Gasteiger partial charge in [0.15, 0.2) is 16.5 Å². The van der Waals surface area contributed by atoms with Crippen molar-refractivity contribution in [3.05, 3.63) is 23.0 Å². The lowest BCUT2D eigenvalue weighted by Crippen LogP contribution is -2.07. The molecule has 6 heteroatoms. The third-order valence-corrected chi connectivity index (χ3v) is 3.60. The van der Waals surface area contributed by atoms with E-state index < -0.39 is 0 Å². The van der Waals surface area contributed by atoms with E-state index in [0.29, 0.717) is 24.0 Å². The molecule has 0 spiro atoms. The van der Waals surface area contributed by atoms with E-state index in [-0.39, 0.29) is 5.97 Å². The van der Waals surface area contributed by atoms with Crippen LogP contribution in [-0.2, 0) is 4.74 Å². The van der Waals surface area contributed by atoms with Gasteiger partial charge in [-0.25, -0.2) is 14.8 Å². The fourth-order valence-corrected chi connectivity index (χ4v) is 2.43. The Bertz CT molecular complexity index is 558. The zero-order valence-corrected chi connectivity index (χ0v) is 10.8. The summed E-state index contributed by atoms with van der Waals surface area (Å²) < 4.78 is 5.04. The molecule has 2 heterocycles. The molecule has 2 aromatic rings. The quantitative estimate of drug-likeness (QED) is 0.861. The van der Waals surface area contributed by atoms with E-state index in [1.807, 2.05) is 5.38 Å². The standard InChI is InChI=1S/C12H13N3O2S/c1-2-17-12(16)9-8(7-3-4-7)14-10(15-9)11-13-5-6-18-11/h5-7H,2-4H2,1H3,(H,14,15). The predicted molar refractivity (Wildman–Crippen MR) is 67.6 cm³/mol. The number of carbonyl (C=O) groups excluding carboxylic acids is 1. The molecule has 0 atom stereocenters. The first kappa shape index (κ1) is 11.4. The second-order valence-corrected chi connectivity index (χ2v) is 5.07. The van der Waals surface area contributed by atoms with E-state index in [4.69, 9.17) is 4.74 Å². The maximum absolute atomic E-state index is 11.9. The number of nitrogens with one attached hydrogen (secondary N) is 1. The first-order valence-electron chi connectivity index (χ1n) is 5.96. The average Bonchev–Trinajstić information content (AvgIpc) is 2.92. The minimum Gasteiger partial charge on any atom is -0.461 e. The predicted octanol–water partition coefficient (Wildman–Crippen LogP) is 2.59. The van der Waals surface area contributed by atoms with Gasteiger partial charge in [0.05, 0.1) is 12.3 Å². The van der Waals surface area contributed by atoms with Crippen LogP contribution in [0.25, 0.3) is 10.8 Å². The van der Waals surface area contributed by atoms with Crippen molar-refractivity contribution < 1.29 is 9.53 Å². The average molecular weight is 263 g/mol. The minimum absolute atomic E-state index is 0.349. The van der Waals surface area contributed by atoms with E-state index in [1.165, 1.54) is 11.3 Å². The van der Waals surface area contributed by atoms with E-state index in [1.54, 1.807) is 13.1 Å². The third kappa shape index (κ3) is 2.03. The van der Waals surface area contributed by atoms with Crippen molar-refractivity contribution in [3.8, 4) is 10.8 Å². The number of aromatic amines is 1. The number of thiazole rings is 1. The molecule has 3 rings (SSSR count). The molecule has 1 aliphatic rings. The van der Waals surface area contributed by atoms with Gasteiger partial charge in [-0.05, 0) is 19.8 Å². The summed E-state index contributed by atoms with van der Waals surface area (Å²) in [6, 6.07) is 0. The lowest BCUT2D eigenvalue weighted by atomic mass is 10.2. The van der Waals surface area contributed by atoms with Crippen LogP contribution in [0.5, 0.6) is 0 Å². The first-order chi connectivity index (χ1) is 8.79. The van der Waals surface area contributed by atoms with Crippen LogP contribution in [0.4, 0.5) is 0 Å². The number of hydrogen-bond donors (Lipinski definition) is 1. The number of ether oxygens (including phenoxy) is 1. The van der Waals surface area contributed by atoms with E-state index in [2.05, 4.69) is 15.0 Å². The number of hydrogen-bond acceptors (Lipinski definition) is 5. The van der Waals surface area contributed by atoms with E-state index in [9.17, 15) is 4.79 Å². The molecule has 94 valence electrons. The third-order valence-electron chi connectivity index (χ3n) is 2.82. The highest BCUT2D eigenvalue weighted by molar-refractivity contribution is 7.13. The molecule has 0 bridgehead atoms. The molecule has 18 heavy (non-hydrogen) atoms. The van der Waals surface area contributed by atoms with E-state index in [0.717, 1.165) is 23.5 Å². The van der Waals surface area contributed by atoms with Crippen LogP contribution < -0.4 is 0 Å². The number of esters is 1. The Hall–Kier alpha value is -1.69. The highest BCUT2D eigenvalue weighted by Crippen LogP contribution is 2.41. The summed E-state index contributed by atoms with van der Waals surface area (Å²) in [6.45, 7) is 2.16. The van der Waals surface area contributed by atoms with Crippen LogP contribution in [0, 0.1) is 0 Å². The summed E-state index contributed by atoms with van der Waals surface area (Å²) in [7, 11) is 0. The maximum atomic E-state index is 11.9. The molecule has 1 N–H and O–H groups in total. The van der Waals surface area contributed by atoms with Crippen molar-refractivity contribution in [2.75, 3.05) is 6.61 Å². The lowest BCUT2D eigenvalue weighted by Gasteiger charge is -2.00. The van der Waals surface area contributed by atoms with Crippen LogP contribution in [0.1, 0.15) is 41.9 Å². The van der Waals surface area contributed by atoms with Crippen molar-refractivity contribution in [1.29, 1.82) is 0 Å². The largest absolute Gasteiger partial charge is 0.461 e. The van der Waals surface area contributed by atoms with Gasteiger partial charge < -0.3 is 9.72 Å². The van der Waals surface area contributed by atoms with Crippen LogP contribution in [0.2, 0.25) is 0 Å². The van der Waals surface area contributed by atoms with Crippen LogP contribution in [-0.4, -0.2) is 27.5 Å².